The highest BCUT2D eigenvalue weighted by atomic mass is 15.4. The quantitative estimate of drug-likeness (QED) is 0.794. The minimum absolute atomic E-state index is 0.400. The Bertz CT molecular complexity index is 855. The Morgan fingerprint density at radius 2 is 1.88 bits per heavy atom. The van der Waals surface area contributed by atoms with Crippen LogP contribution in [-0.4, -0.2) is 37.3 Å². The van der Waals surface area contributed by atoms with E-state index in [1.54, 1.807) is 0 Å². The van der Waals surface area contributed by atoms with Crippen LogP contribution in [0, 0.1) is 0 Å². The molecule has 2 N–H and O–H groups in total. The van der Waals surface area contributed by atoms with Crippen molar-refractivity contribution in [2.75, 3.05) is 18.8 Å². The number of anilines is 1. The van der Waals surface area contributed by atoms with Gasteiger partial charge in [-0.1, -0.05) is 37.3 Å². The number of aryl methyl sites for hydroxylation is 2. The van der Waals surface area contributed by atoms with E-state index in [0.29, 0.717) is 12.0 Å². The number of aromatic nitrogens is 4. The summed E-state index contributed by atoms with van der Waals surface area (Å²) in [7, 11) is 1.99. The topological polar surface area (TPSA) is 64.9 Å². The predicted molar refractivity (Wildman–Crippen MR) is 100 cm³/mol. The van der Waals surface area contributed by atoms with Crippen LogP contribution in [0.15, 0.2) is 30.3 Å². The van der Waals surface area contributed by atoms with Crippen molar-refractivity contribution in [3.63, 3.8) is 0 Å². The van der Waals surface area contributed by atoms with Crippen LogP contribution in [0.4, 0.5) is 5.95 Å². The van der Waals surface area contributed by atoms with Gasteiger partial charge >= 0.3 is 0 Å². The first-order valence-electron chi connectivity index (χ1n) is 9.13. The SMILES string of the molecule is CCc1nn(C)c2c1nc(N)n2C1CCN(Cc2ccccc2)CC1. The summed E-state index contributed by atoms with van der Waals surface area (Å²) in [5.74, 6) is 0.624. The molecule has 0 bridgehead atoms. The molecule has 0 amide bonds. The average Bonchev–Trinajstić information content (AvgIpc) is 3.13. The maximum atomic E-state index is 6.28. The Balaban J connectivity index is 1.52. The molecule has 3 heterocycles. The number of piperidine rings is 1. The third kappa shape index (κ3) is 2.91. The van der Waals surface area contributed by atoms with E-state index >= 15 is 0 Å². The molecule has 1 saturated heterocycles. The van der Waals surface area contributed by atoms with Gasteiger partial charge in [-0.2, -0.15) is 5.10 Å². The zero-order chi connectivity index (χ0) is 17.4. The van der Waals surface area contributed by atoms with E-state index in [4.69, 9.17) is 5.73 Å². The van der Waals surface area contributed by atoms with Crippen molar-refractivity contribution in [1.82, 2.24) is 24.2 Å². The van der Waals surface area contributed by atoms with Crippen LogP contribution in [-0.2, 0) is 20.0 Å². The summed E-state index contributed by atoms with van der Waals surface area (Å²) in [6.45, 7) is 5.29. The number of likely N-dealkylation sites (tertiary alicyclic amines) is 1. The molecule has 0 spiro atoms. The average molecular weight is 338 g/mol. The molecule has 0 aliphatic carbocycles. The van der Waals surface area contributed by atoms with Gasteiger partial charge < -0.3 is 5.73 Å². The number of nitrogens with two attached hydrogens (primary N) is 1. The zero-order valence-electron chi connectivity index (χ0n) is 15.0. The molecule has 6 nitrogen and oxygen atoms in total. The van der Waals surface area contributed by atoms with Gasteiger partial charge in [-0.3, -0.25) is 14.1 Å². The van der Waals surface area contributed by atoms with E-state index in [1.165, 1.54) is 5.56 Å². The van der Waals surface area contributed by atoms with Crippen LogP contribution >= 0.6 is 0 Å². The number of hydrogen-bond acceptors (Lipinski definition) is 4. The lowest BCUT2D eigenvalue weighted by molar-refractivity contribution is 0.181. The summed E-state index contributed by atoms with van der Waals surface area (Å²) in [6, 6.07) is 11.1. The lowest BCUT2D eigenvalue weighted by Gasteiger charge is -2.33. The molecule has 25 heavy (non-hydrogen) atoms. The van der Waals surface area contributed by atoms with Crippen molar-refractivity contribution >= 4 is 17.1 Å². The molecule has 0 radical (unpaired) electrons. The minimum atomic E-state index is 0.400. The smallest absolute Gasteiger partial charge is 0.202 e. The van der Waals surface area contributed by atoms with E-state index in [9.17, 15) is 0 Å². The van der Waals surface area contributed by atoms with Gasteiger partial charge in [0.2, 0.25) is 5.95 Å². The van der Waals surface area contributed by atoms with Gasteiger partial charge in [-0.25, -0.2) is 4.98 Å². The predicted octanol–water partition coefficient (Wildman–Crippen LogP) is 2.75. The molecule has 1 aliphatic rings. The van der Waals surface area contributed by atoms with Gasteiger partial charge in [-0.15, -0.1) is 0 Å². The molecule has 0 saturated carbocycles. The van der Waals surface area contributed by atoms with Crippen LogP contribution in [0.2, 0.25) is 0 Å². The van der Waals surface area contributed by atoms with E-state index < -0.39 is 0 Å². The third-order valence-electron chi connectivity index (χ3n) is 5.27. The molecule has 1 fully saturated rings. The standard InChI is InChI=1S/C19H26N6/c1-3-16-17-18(23(2)22-16)25(19(20)21-17)15-9-11-24(12-10-15)13-14-7-5-4-6-8-14/h4-8,15H,3,9-13H2,1-2H3,(H2,20,21). The summed E-state index contributed by atoms with van der Waals surface area (Å²) < 4.78 is 4.15. The number of benzene rings is 1. The minimum Gasteiger partial charge on any atom is -0.369 e. The summed E-state index contributed by atoms with van der Waals surface area (Å²) in [4.78, 5) is 7.14. The van der Waals surface area contributed by atoms with Crippen molar-refractivity contribution < 1.29 is 0 Å². The molecule has 4 rings (SSSR count). The fourth-order valence-electron chi connectivity index (χ4n) is 3.99. The highest BCUT2D eigenvalue weighted by Gasteiger charge is 2.26. The molecule has 2 aromatic heterocycles. The Kier molecular flexibility index (Phi) is 4.21. The first-order chi connectivity index (χ1) is 12.2. The van der Waals surface area contributed by atoms with Gasteiger partial charge in [0.25, 0.3) is 0 Å². The molecule has 6 heteroatoms. The highest BCUT2D eigenvalue weighted by Crippen LogP contribution is 2.31. The zero-order valence-corrected chi connectivity index (χ0v) is 15.0. The molecular weight excluding hydrogens is 312 g/mol. The number of nitrogen functional groups attached to an aromatic ring is 1. The first-order valence-corrected chi connectivity index (χ1v) is 9.13. The monoisotopic (exact) mass is 338 g/mol. The molecule has 0 unspecified atom stereocenters. The fraction of sp³-hybridized carbons (Fsp3) is 0.474. The maximum Gasteiger partial charge on any atom is 0.202 e. The number of rotatable bonds is 4. The van der Waals surface area contributed by atoms with E-state index in [2.05, 4.69) is 56.8 Å². The van der Waals surface area contributed by atoms with E-state index in [-0.39, 0.29) is 0 Å². The first kappa shape index (κ1) is 16.1. The lowest BCUT2D eigenvalue weighted by atomic mass is 10.0. The van der Waals surface area contributed by atoms with Crippen LogP contribution in [0.3, 0.4) is 0 Å². The Hall–Kier alpha value is -2.34. The van der Waals surface area contributed by atoms with Crippen LogP contribution < -0.4 is 5.73 Å². The second-order valence-electron chi connectivity index (χ2n) is 6.93. The number of nitrogens with zero attached hydrogens (tertiary/aromatic N) is 5. The van der Waals surface area contributed by atoms with E-state index in [0.717, 1.165) is 55.8 Å². The summed E-state index contributed by atoms with van der Waals surface area (Å²) >= 11 is 0. The van der Waals surface area contributed by atoms with Crippen LogP contribution in [0.5, 0.6) is 0 Å². The Labute approximate surface area is 148 Å². The molecule has 0 atom stereocenters. The number of fused-ring (bicyclic) bond motifs is 1. The van der Waals surface area contributed by atoms with E-state index in [1.807, 2.05) is 11.7 Å². The van der Waals surface area contributed by atoms with Gasteiger partial charge in [0.15, 0.2) is 5.65 Å². The summed E-state index contributed by atoms with van der Waals surface area (Å²) in [5.41, 5.74) is 10.7. The van der Waals surface area contributed by atoms with Crippen molar-refractivity contribution in [1.29, 1.82) is 0 Å². The molecule has 132 valence electrons. The summed E-state index contributed by atoms with van der Waals surface area (Å²) in [6.07, 6.45) is 3.06. The maximum absolute atomic E-state index is 6.28. The third-order valence-corrected chi connectivity index (χ3v) is 5.27. The summed E-state index contributed by atoms with van der Waals surface area (Å²) in [5, 5.41) is 4.60. The van der Waals surface area contributed by atoms with Gasteiger partial charge in [-0.05, 0) is 24.8 Å². The Morgan fingerprint density at radius 1 is 1.16 bits per heavy atom. The highest BCUT2D eigenvalue weighted by molar-refractivity contribution is 5.78. The van der Waals surface area contributed by atoms with Crippen LogP contribution in [0.1, 0.15) is 37.1 Å². The van der Waals surface area contributed by atoms with Crippen molar-refractivity contribution in [3.05, 3.63) is 41.6 Å². The molecular formula is C19H26N6. The molecule has 1 aliphatic heterocycles. The second-order valence-corrected chi connectivity index (χ2v) is 6.93. The number of hydrogen-bond donors (Lipinski definition) is 1. The fourth-order valence-corrected chi connectivity index (χ4v) is 3.99. The lowest BCUT2D eigenvalue weighted by Crippen LogP contribution is -2.34. The van der Waals surface area contributed by atoms with Crippen molar-refractivity contribution in [2.45, 2.75) is 38.8 Å². The largest absolute Gasteiger partial charge is 0.369 e. The van der Waals surface area contributed by atoms with Gasteiger partial charge in [0.05, 0.1) is 5.69 Å². The van der Waals surface area contributed by atoms with Crippen LogP contribution in [0.25, 0.3) is 11.2 Å². The number of imidazole rings is 1. The van der Waals surface area contributed by atoms with Crippen molar-refractivity contribution in [3.8, 4) is 0 Å². The second kappa shape index (κ2) is 6.52. The van der Waals surface area contributed by atoms with Gasteiger partial charge in [0.1, 0.15) is 5.52 Å². The van der Waals surface area contributed by atoms with Gasteiger partial charge in [0, 0.05) is 32.7 Å². The van der Waals surface area contributed by atoms with Crippen molar-refractivity contribution in [2.24, 2.45) is 7.05 Å². The Morgan fingerprint density at radius 3 is 2.56 bits per heavy atom. The molecule has 3 aromatic rings. The molecule has 1 aromatic carbocycles. The normalized spacial score (nSPS) is 16.7.